The third-order valence-corrected chi connectivity index (χ3v) is 3.14. The van der Waals surface area contributed by atoms with Crippen LogP contribution in [0, 0.1) is 6.92 Å². The predicted octanol–water partition coefficient (Wildman–Crippen LogP) is 2.22. The van der Waals surface area contributed by atoms with Gasteiger partial charge in [-0.25, -0.2) is 0 Å². The van der Waals surface area contributed by atoms with Gasteiger partial charge in [0.25, 0.3) is 5.89 Å². The van der Waals surface area contributed by atoms with Crippen molar-refractivity contribution in [2.24, 2.45) is 0 Å². The van der Waals surface area contributed by atoms with Gasteiger partial charge >= 0.3 is 6.01 Å². The molecular weight excluding hydrogens is 300 g/mol. The number of carbonyl (C=O) groups excluding carboxylic acids is 1. The number of rotatable bonds is 5. The number of ether oxygens (including phenoxy) is 1. The van der Waals surface area contributed by atoms with E-state index < -0.39 is 0 Å². The molecule has 118 valence electrons. The van der Waals surface area contributed by atoms with Gasteiger partial charge in [0.05, 0.1) is 19.7 Å². The van der Waals surface area contributed by atoms with Gasteiger partial charge in [-0.05, 0) is 24.1 Å². The quantitative estimate of drug-likeness (QED) is 0.770. The van der Waals surface area contributed by atoms with Crippen LogP contribution < -0.4 is 10.1 Å². The molecule has 3 rings (SSSR count). The lowest BCUT2D eigenvalue weighted by Gasteiger charge is -2.06. The van der Waals surface area contributed by atoms with Gasteiger partial charge in [-0.1, -0.05) is 22.4 Å². The molecule has 0 bridgehead atoms. The van der Waals surface area contributed by atoms with Crippen molar-refractivity contribution in [1.82, 2.24) is 15.4 Å². The van der Waals surface area contributed by atoms with Gasteiger partial charge in [-0.2, -0.15) is 0 Å². The second kappa shape index (κ2) is 6.30. The van der Waals surface area contributed by atoms with Crippen molar-refractivity contribution in [2.75, 3.05) is 12.4 Å². The maximum Gasteiger partial charge on any atom is 0.322 e. The second-order valence-corrected chi connectivity index (χ2v) is 4.82. The fourth-order valence-corrected chi connectivity index (χ4v) is 2.10. The number of aryl methyl sites for hydroxylation is 1. The molecule has 0 radical (unpaired) electrons. The predicted molar refractivity (Wildman–Crippen MR) is 79.9 cm³/mol. The highest BCUT2D eigenvalue weighted by atomic mass is 16.5. The van der Waals surface area contributed by atoms with Crippen molar-refractivity contribution < 1.29 is 18.5 Å². The maximum absolute atomic E-state index is 12.0. The summed E-state index contributed by atoms with van der Waals surface area (Å²) in [7, 11) is 1.61. The Bertz CT molecular complexity index is 811. The summed E-state index contributed by atoms with van der Waals surface area (Å²) >= 11 is 0. The van der Waals surface area contributed by atoms with E-state index in [1.807, 2.05) is 25.1 Å². The molecule has 23 heavy (non-hydrogen) atoms. The molecule has 0 saturated carbocycles. The van der Waals surface area contributed by atoms with E-state index in [1.54, 1.807) is 13.2 Å². The van der Waals surface area contributed by atoms with Crippen molar-refractivity contribution in [3.05, 3.63) is 41.6 Å². The number of benzene rings is 1. The van der Waals surface area contributed by atoms with E-state index in [9.17, 15) is 4.79 Å². The molecule has 0 aliphatic heterocycles. The van der Waals surface area contributed by atoms with Crippen molar-refractivity contribution in [2.45, 2.75) is 13.3 Å². The Labute approximate surface area is 131 Å². The Balaban J connectivity index is 1.64. The third kappa shape index (κ3) is 3.37. The molecule has 0 spiro atoms. The Kier molecular flexibility index (Phi) is 4.05. The number of hydrogen-bond acceptors (Lipinski definition) is 7. The Morgan fingerprint density at radius 3 is 2.87 bits per heavy atom. The molecule has 8 nitrogen and oxygen atoms in total. The number of nitrogens with zero attached hydrogens (tertiary/aromatic N) is 3. The van der Waals surface area contributed by atoms with Crippen molar-refractivity contribution >= 4 is 11.9 Å². The minimum absolute atomic E-state index is 0.00614. The lowest BCUT2D eigenvalue weighted by Crippen LogP contribution is -2.14. The molecule has 2 aromatic heterocycles. The van der Waals surface area contributed by atoms with E-state index in [1.165, 1.54) is 6.20 Å². The highest BCUT2D eigenvalue weighted by Crippen LogP contribution is 2.20. The van der Waals surface area contributed by atoms with Crippen molar-refractivity contribution in [3.8, 4) is 17.4 Å². The van der Waals surface area contributed by atoms with Crippen LogP contribution in [0.5, 0.6) is 5.75 Å². The maximum atomic E-state index is 12.0. The molecular formula is C15H14N4O4. The number of nitrogens with one attached hydrogen (secondary N) is 1. The van der Waals surface area contributed by atoms with E-state index in [4.69, 9.17) is 13.7 Å². The van der Waals surface area contributed by atoms with Gasteiger partial charge in [-0.3, -0.25) is 10.1 Å². The van der Waals surface area contributed by atoms with E-state index in [-0.39, 0.29) is 24.2 Å². The molecule has 0 aliphatic carbocycles. The van der Waals surface area contributed by atoms with Crippen LogP contribution in [0.25, 0.3) is 11.7 Å². The first kappa shape index (κ1) is 14.8. The van der Waals surface area contributed by atoms with E-state index >= 15 is 0 Å². The Hall–Kier alpha value is -3.16. The molecule has 1 amide bonds. The SMILES string of the molecule is COc1ccc(CC(=O)Nc2nnc(-c3ccno3)o2)cc1C. The summed E-state index contributed by atoms with van der Waals surface area (Å²) in [5.41, 5.74) is 1.82. The van der Waals surface area contributed by atoms with Gasteiger partial charge in [0, 0.05) is 6.07 Å². The molecule has 0 unspecified atom stereocenters. The minimum Gasteiger partial charge on any atom is -0.496 e. The molecule has 2 heterocycles. The normalized spacial score (nSPS) is 10.5. The highest BCUT2D eigenvalue weighted by Gasteiger charge is 2.14. The number of carbonyl (C=O) groups is 1. The molecule has 0 aliphatic rings. The lowest BCUT2D eigenvalue weighted by atomic mass is 10.1. The minimum atomic E-state index is -0.262. The summed E-state index contributed by atoms with van der Waals surface area (Å²) < 4.78 is 15.4. The number of methoxy groups -OCH3 is 1. The van der Waals surface area contributed by atoms with Crippen LogP contribution in [-0.2, 0) is 11.2 Å². The zero-order chi connectivity index (χ0) is 16.2. The first-order chi connectivity index (χ1) is 11.2. The monoisotopic (exact) mass is 314 g/mol. The number of aromatic nitrogens is 3. The Morgan fingerprint density at radius 1 is 1.30 bits per heavy atom. The number of hydrogen-bond donors (Lipinski definition) is 1. The molecule has 0 atom stereocenters. The molecule has 3 aromatic rings. The average Bonchev–Trinajstić information content (AvgIpc) is 3.18. The summed E-state index contributed by atoms with van der Waals surface area (Å²) in [5, 5.41) is 13.6. The molecule has 0 saturated heterocycles. The topological polar surface area (TPSA) is 103 Å². The standard InChI is InChI=1S/C15H14N4O4/c1-9-7-10(3-4-11(9)21-2)8-13(20)17-15-19-18-14(22-15)12-5-6-16-23-12/h3-7H,8H2,1-2H3,(H,17,19,20). The van der Waals surface area contributed by atoms with Gasteiger partial charge in [0.1, 0.15) is 5.75 Å². The van der Waals surface area contributed by atoms with Gasteiger partial charge < -0.3 is 13.7 Å². The first-order valence-electron chi connectivity index (χ1n) is 6.83. The van der Waals surface area contributed by atoms with Gasteiger partial charge in [0.2, 0.25) is 11.7 Å². The largest absolute Gasteiger partial charge is 0.496 e. The van der Waals surface area contributed by atoms with Gasteiger partial charge in [0.15, 0.2) is 0 Å². The Morgan fingerprint density at radius 2 is 2.17 bits per heavy atom. The van der Waals surface area contributed by atoms with Crippen molar-refractivity contribution in [1.29, 1.82) is 0 Å². The highest BCUT2D eigenvalue weighted by molar-refractivity contribution is 5.90. The van der Waals surface area contributed by atoms with Crippen LogP contribution in [-0.4, -0.2) is 28.4 Å². The van der Waals surface area contributed by atoms with E-state index in [0.717, 1.165) is 16.9 Å². The molecule has 1 N–H and O–H groups in total. The molecule has 8 heteroatoms. The number of anilines is 1. The van der Waals surface area contributed by atoms with E-state index in [2.05, 4.69) is 20.7 Å². The summed E-state index contributed by atoms with van der Waals surface area (Å²) in [6, 6.07) is 7.14. The summed E-state index contributed by atoms with van der Waals surface area (Å²) in [4.78, 5) is 12.0. The summed E-state index contributed by atoms with van der Waals surface area (Å²) in [5.74, 6) is 1.01. The van der Waals surface area contributed by atoms with Crippen LogP contribution in [0.4, 0.5) is 6.01 Å². The van der Waals surface area contributed by atoms with Crippen LogP contribution in [0.3, 0.4) is 0 Å². The fraction of sp³-hybridized carbons (Fsp3) is 0.200. The van der Waals surface area contributed by atoms with Gasteiger partial charge in [-0.15, -0.1) is 5.10 Å². The molecule has 1 aromatic carbocycles. The van der Waals surface area contributed by atoms with E-state index in [0.29, 0.717) is 5.76 Å². The average molecular weight is 314 g/mol. The fourth-order valence-electron chi connectivity index (χ4n) is 2.10. The van der Waals surface area contributed by atoms with Crippen LogP contribution in [0.2, 0.25) is 0 Å². The van der Waals surface area contributed by atoms with Crippen LogP contribution in [0.15, 0.2) is 39.4 Å². The molecule has 0 fully saturated rings. The summed E-state index contributed by atoms with van der Waals surface area (Å²) in [6.45, 7) is 1.92. The zero-order valence-electron chi connectivity index (χ0n) is 12.6. The summed E-state index contributed by atoms with van der Waals surface area (Å²) in [6.07, 6.45) is 1.65. The van der Waals surface area contributed by atoms with Crippen LogP contribution in [0.1, 0.15) is 11.1 Å². The third-order valence-electron chi connectivity index (χ3n) is 3.14. The van der Waals surface area contributed by atoms with Crippen LogP contribution >= 0.6 is 0 Å². The second-order valence-electron chi connectivity index (χ2n) is 4.82. The first-order valence-corrected chi connectivity index (χ1v) is 6.83. The lowest BCUT2D eigenvalue weighted by molar-refractivity contribution is -0.115. The zero-order valence-corrected chi connectivity index (χ0v) is 12.6. The smallest absolute Gasteiger partial charge is 0.322 e. The van der Waals surface area contributed by atoms with Crippen molar-refractivity contribution in [3.63, 3.8) is 0 Å². The number of amides is 1.